The van der Waals surface area contributed by atoms with E-state index in [2.05, 4.69) is 6.58 Å². The second-order valence-corrected chi connectivity index (χ2v) is 3.38. The van der Waals surface area contributed by atoms with Crippen LogP contribution in [-0.4, -0.2) is 6.61 Å². The molecule has 0 spiro atoms. The van der Waals surface area contributed by atoms with Crippen LogP contribution in [0.2, 0.25) is 0 Å². The molecule has 1 aromatic carbocycles. The molecule has 0 unspecified atom stereocenters. The molecule has 0 atom stereocenters. The lowest BCUT2D eigenvalue weighted by molar-refractivity contribution is 0.325. The Hall–Kier alpha value is -2.03. The molecule has 0 bridgehead atoms. The van der Waals surface area contributed by atoms with E-state index in [1.807, 2.05) is 6.07 Å². The summed E-state index contributed by atoms with van der Waals surface area (Å²) in [6.45, 7) is 4.22. The average molecular weight is 216 g/mol. The molecule has 0 aliphatic rings. The van der Waals surface area contributed by atoms with Crippen molar-refractivity contribution in [3.05, 3.63) is 53.4 Å². The first-order valence-electron chi connectivity index (χ1n) is 5.07. The predicted molar refractivity (Wildman–Crippen MR) is 62.8 cm³/mol. The minimum atomic E-state index is -0.340. The fourth-order valence-electron chi connectivity index (χ4n) is 1.40. The molecule has 0 aliphatic carbocycles. The monoisotopic (exact) mass is 216 g/mol. The van der Waals surface area contributed by atoms with E-state index in [1.54, 1.807) is 24.3 Å². The third-order valence-corrected chi connectivity index (χ3v) is 2.18. The predicted octanol–water partition coefficient (Wildman–Crippen LogP) is 2.75. The molecule has 3 nitrogen and oxygen atoms in total. The molecule has 0 radical (unpaired) electrons. The van der Waals surface area contributed by atoms with Crippen molar-refractivity contribution >= 4 is 11.0 Å². The van der Waals surface area contributed by atoms with Crippen molar-refractivity contribution in [1.82, 2.24) is 0 Å². The molecule has 0 saturated carbocycles. The molecule has 0 N–H and O–H groups in total. The molecule has 0 fully saturated rings. The van der Waals surface area contributed by atoms with Gasteiger partial charge in [-0.1, -0.05) is 6.08 Å². The summed E-state index contributed by atoms with van der Waals surface area (Å²) in [4.78, 5) is 11.0. The molecule has 1 aromatic heterocycles. The summed E-state index contributed by atoms with van der Waals surface area (Å²) in [5.41, 5.74) is 0.233. The van der Waals surface area contributed by atoms with Crippen molar-refractivity contribution in [3.8, 4) is 5.75 Å². The van der Waals surface area contributed by atoms with Crippen LogP contribution in [0.4, 0.5) is 0 Å². The molecule has 1 heterocycles. The van der Waals surface area contributed by atoms with Gasteiger partial charge in [-0.2, -0.15) is 0 Å². The maximum atomic E-state index is 11.0. The quantitative estimate of drug-likeness (QED) is 0.448. The molecular formula is C13H12O3. The van der Waals surface area contributed by atoms with Crippen LogP contribution >= 0.6 is 0 Å². The molecule has 16 heavy (non-hydrogen) atoms. The van der Waals surface area contributed by atoms with Gasteiger partial charge in [0.05, 0.1) is 6.61 Å². The van der Waals surface area contributed by atoms with Gasteiger partial charge in [0, 0.05) is 11.5 Å². The van der Waals surface area contributed by atoms with Crippen LogP contribution in [0.5, 0.6) is 5.75 Å². The van der Waals surface area contributed by atoms with Gasteiger partial charge in [0.25, 0.3) is 0 Å². The van der Waals surface area contributed by atoms with E-state index in [9.17, 15) is 4.79 Å². The van der Waals surface area contributed by atoms with Crippen LogP contribution in [0.3, 0.4) is 0 Å². The molecule has 3 heteroatoms. The van der Waals surface area contributed by atoms with E-state index in [0.717, 1.165) is 17.6 Å². The summed E-state index contributed by atoms with van der Waals surface area (Å²) in [5, 5.41) is 0.857. The number of ether oxygens (including phenoxy) is 1. The van der Waals surface area contributed by atoms with Gasteiger partial charge in [0.1, 0.15) is 11.3 Å². The minimum Gasteiger partial charge on any atom is -0.493 e. The highest BCUT2D eigenvalue weighted by molar-refractivity contribution is 5.77. The molecule has 82 valence electrons. The zero-order chi connectivity index (χ0) is 11.4. The summed E-state index contributed by atoms with van der Waals surface area (Å²) in [6.07, 6.45) is 2.61. The van der Waals surface area contributed by atoms with Gasteiger partial charge in [-0.3, -0.25) is 0 Å². The van der Waals surface area contributed by atoms with Gasteiger partial charge in [0.2, 0.25) is 0 Å². The molecule has 0 saturated heterocycles. The Morgan fingerprint density at radius 1 is 1.31 bits per heavy atom. The van der Waals surface area contributed by atoms with Crippen molar-refractivity contribution < 1.29 is 9.15 Å². The number of fused-ring (bicyclic) bond motifs is 1. The average Bonchev–Trinajstić information content (AvgIpc) is 2.29. The Morgan fingerprint density at radius 2 is 2.19 bits per heavy atom. The maximum absolute atomic E-state index is 11.0. The highest BCUT2D eigenvalue weighted by Crippen LogP contribution is 2.19. The third kappa shape index (κ3) is 2.31. The number of hydrogen-bond acceptors (Lipinski definition) is 3. The second kappa shape index (κ2) is 4.66. The lowest BCUT2D eigenvalue weighted by Gasteiger charge is -2.04. The van der Waals surface area contributed by atoms with Gasteiger partial charge < -0.3 is 9.15 Å². The van der Waals surface area contributed by atoms with Crippen LogP contribution < -0.4 is 10.4 Å². The van der Waals surface area contributed by atoms with Crippen molar-refractivity contribution in [2.75, 3.05) is 6.61 Å². The first kappa shape index (κ1) is 10.5. The molecular weight excluding hydrogens is 204 g/mol. The fourth-order valence-corrected chi connectivity index (χ4v) is 1.40. The van der Waals surface area contributed by atoms with Crippen molar-refractivity contribution in [2.45, 2.75) is 6.42 Å². The van der Waals surface area contributed by atoms with Crippen molar-refractivity contribution in [3.63, 3.8) is 0 Å². The highest BCUT2D eigenvalue weighted by Gasteiger charge is 1.99. The van der Waals surface area contributed by atoms with Gasteiger partial charge >= 0.3 is 5.63 Å². The summed E-state index contributed by atoms with van der Waals surface area (Å²) in [6, 6.07) is 8.49. The lowest BCUT2D eigenvalue weighted by Crippen LogP contribution is -1.97. The van der Waals surface area contributed by atoms with Gasteiger partial charge in [0.15, 0.2) is 0 Å². The standard InChI is InChI=1S/C13H12O3/c1-2-3-8-15-11-5-6-12-10(9-11)4-7-13(14)16-12/h2,4-7,9H,1,3,8H2. The number of benzene rings is 1. The Balaban J connectivity index is 2.26. The maximum Gasteiger partial charge on any atom is 0.336 e. The largest absolute Gasteiger partial charge is 0.493 e. The summed E-state index contributed by atoms with van der Waals surface area (Å²) >= 11 is 0. The second-order valence-electron chi connectivity index (χ2n) is 3.38. The van der Waals surface area contributed by atoms with E-state index in [4.69, 9.17) is 9.15 Å². The fraction of sp³-hybridized carbons (Fsp3) is 0.154. The van der Waals surface area contributed by atoms with E-state index >= 15 is 0 Å². The Kier molecular flexibility index (Phi) is 3.05. The van der Waals surface area contributed by atoms with Crippen LogP contribution in [0.15, 0.2) is 52.2 Å². The van der Waals surface area contributed by atoms with Gasteiger partial charge in [-0.25, -0.2) is 4.79 Å². The minimum absolute atomic E-state index is 0.340. The van der Waals surface area contributed by atoms with Gasteiger partial charge in [-0.15, -0.1) is 6.58 Å². The Bertz CT molecular complexity index is 554. The highest BCUT2D eigenvalue weighted by atomic mass is 16.5. The molecule has 0 amide bonds. The van der Waals surface area contributed by atoms with Crippen LogP contribution in [-0.2, 0) is 0 Å². The van der Waals surface area contributed by atoms with E-state index < -0.39 is 0 Å². The van der Waals surface area contributed by atoms with E-state index in [1.165, 1.54) is 6.07 Å². The van der Waals surface area contributed by atoms with Crippen molar-refractivity contribution in [2.24, 2.45) is 0 Å². The molecule has 2 rings (SSSR count). The van der Waals surface area contributed by atoms with Crippen LogP contribution in [0.25, 0.3) is 11.0 Å². The third-order valence-electron chi connectivity index (χ3n) is 2.18. The molecule has 2 aromatic rings. The summed E-state index contributed by atoms with van der Waals surface area (Å²) < 4.78 is 10.5. The zero-order valence-corrected chi connectivity index (χ0v) is 8.81. The van der Waals surface area contributed by atoms with Crippen LogP contribution in [0, 0.1) is 0 Å². The Morgan fingerprint density at radius 3 is 3.00 bits per heavy atom. The number of rotatable bonds is 4. The topological polar surface area (TPSA) is 39.4 Å². The first-order chi connectivity index (χ1) is 7.79. The summed E-state index contributed by atoms with van der Waals surface area (Å²) in [7, 11) is 0. The van der Waals surface area contributed by atoms with Crippen LogP contribution in [0.1, 0.15) is 6.42 Å². The zero-order valence-electron chi connectivity index (χ0n) is 8.81. The summed E-state index contributed by atoms with van der Waals surface area (Å²) in [5.74, 6) is 0.767. The first-order valence-corrected chi connectivity index (χ1v) is 5.07. The van der Waals surface area contributed by atoms with E-state index in [-0.39, 0.29) is 5.63 Å². The Labute approximate surface area is 93.0 Å². The lowest BCUT2D eigenvalue weighted by atomic mass is 10.2. The molecule has 0 aliphatic heterocycles. The van der Waals surface area contributed by atoms with Gasteiger partial charge in [-0.05, 0) is 30.7 Å². The normalized spacial score (nSPS) is 10.2. The number of hydrogen-bond donors (Lipinski definition) is 0. The smallest absolute Gasteiger partial charge is 0.336 e. The SMILES string of the molecule is C=CCCOc1ccc2oc(=O)ccc2c1. The van der Waals surface area contributed by atoms with E-state index in [0.29, 0.717) is 12.2 Å². The van der Waals surface area contributed by atoms with Crippen molar-refractivity contribution in [1.29, 1.82) is 0 Å².